The first-order chi connectivity index (χ1) is 13.0. The molecule has 0 aromatic heterocycles. The Balaban J connectivity index is 1.42. The Bertz CT molecular complexity index is 716. The predicted molar refractivity (Wildman–Crippen MR) is 102 cm³/mol. The third-order valence-corrected chi connectivity index (χ3v) is 5.27. The fourth-order valence-electron chi connectivity index (χ4n) is 3.80. The van der Waals surface area contributed by atoms with E-state index in [1.54, 1.807) is 11.0 Å². The molecule has 3 amide bonds. The van der Waals surface area contributed by atoms with Gasteiger partial charge in [0.15, 0.2) is 0 Å². The Kier molecular flexibility index (Phi) is 6.26. The lowest BCUT2D eigenvalue weighted by Crippen LogP contribution is -2.43. The van der Waals surface area contributed by atoms with E-state index in [-0.39, 0.29) is 23.7 Å². The second-order valence-corrected chi connectivity index (χ2v) is 7.20. The third-order valence-electron chi connectivity index (χ3n) is 5.27. The number of amides is 3. The van der Waals surface area contributed by atoms with Gasteiger partial charge in [0, 0.05) is 37.7 Å². The number of nitro groups is 1. The predicted octanol–water partition coefficient (Wildman–Crippen LogP) is 2.90. The maximum atomic E-state index is 12.5. The Labute approximate surface area is 158 Å². The molecule has 0 atom stereocenters. The molecule has 1 fully saturated rings. The number of non-ortho nitro benzene ring substituents is 1. The first-order valence-corrected chi connectivity index (χ1v) is 9.66. The molecule has 0 unspecified atom stereocenters. The maximum absolute atomic E-state index is 12.5. The van der Waals surface area contributed by atoms with Crippen molar-refractivity contribution in [3.05, 3.63) is 33.9 Å². The van der Waals surface area contributed by atoms with E-state index in [1.165, 1.54) is 18.6 Å². The molecular weight excluding hydrogens is 348 g/mol. The summed E-state index contributed by atoms with van der Waals surface area (Å²) < 4.78 is 0. The molecule has 8 nitrogen and oxygen atoms in total. The zero-order chi connectivity index (χ0) is 19.2. The smallest absolute Gasteiger partial charge is 0.315 e. The second kappa shape index (κ2) is 8.83. The average molecular weight is 374 g/mol. The summed E-state index contributed by atoms with van der Waals surface area (Å²) in [5.41, 5.74) is 1.59. The van der Waals surface area contributed by atoms with Crippen LogP contribution in [0.2, 0.25) is 0 Å². The van der Waals surface area contributed by atoms with Crippen LogP contribution in [0.15, 0.2) is 18.2 Å². The first kappa shape index (κ1) is 19.1. The number of rotatable bonds is 6. The third kappa shape index (κ3) is 4.96. The maximum Gasteiger partial charge on any atom is 0.315 e. The molecule has 1 aliphatic carbocycles. The van der Waals surface area contributed by atoms with Gasteiger partial charge in [0.2, 0.25) is 5.91 Å². The van der Waals surface area contributed by atoms with Gasteiger partial charge in [-0.15, -0.1) is 0 Å². The lowest BCUT2D eigenvalue weighted by Gasteiger charge is -2.23. The van der Waals surface area contributed by atoms with E-state index >= 15 is 0 Å². The van der Waals surface area contributed by atoms with Gasteiger partial charge in [-0.3, -0.25) is 14.9 Å². The summed E-state index contributed by atoms with van der Waals surface area (Å²) in [6.45, 7) is 0.977. The minimum absolute atomic E-state index is 0.00509. The molecule has 1 saturated carbocycles. The number of benzene rings is 1. The van der Waals surface area contributed by atoms with E-state index < -0.39 is 4.92 Å². The summed E-state index contributed by atoms with van der Waals surface area (Å²) in [4.78, 5) is 36.5. The van der Waals surface area contributed by atoms with Crippen molar-refractivity contribution in [1.29, 1.82) is 0 Å². The number of nitro benzene ring substituents is 1. The Morgan fingerprint density at radius 2 is 2.00 bits per heavy atom. The Hall–Kier alpha value is -2.64. The van der Waals surface area contributed by atoms with Crippen molar-refractivity contribution in [3.63, 3.8) is 0 Å². The number of carbonyl (C=O) groups excluding carboxylic acids is 2. The quantitative estimate of drug-likeness (QED) is 0.454. The zero-order valence-electron chi connectivity index (χ0n) is 15.4. The minimum Gasteiger partial charge on any atom is -0.338 e. The SMILES string of the molecule is O=C(NCCCC(=O)N1CCc2ccc([N+](=O)[O-])cc21)NC1CCCCC1. The van der Waals surface area contributed by atoms with Crippen LogP contribution in [-0.4, -0.2) is 36.0 Å². The Morgan fingerprint density at radius 3 is 2.74 bits per heavy atom. The Morgan fingerprint density at radius 1 is 1.22 bits per heavy atom. The van der Waals surface area contributed by atoms with Crippen molar-refractivity contribution in [2.45, 2.75) is 57.4 Å². The second-order valence-electron chi connectivity index (χ2n) is 7.20. The molecule has 2 N–H and O–H groups in total. The highest BCUT2D eigenvalue weighted by atomic mass is 16.6. The van der Waals surface area contributed by atoms with E-state index in [9.17, 15) is 19.7 Å². The van der Waals surface area contributed by atoms with Gasteiger partial charge in [-0.25, -0.2) is 4.79 Å². The molecule has 1 aromatic rings. The summed E-state index contributed by atoms with van der Waals surface area (Å²) in [6, 6.07) is 4.75. The fraction of sp³-hybridized carbons (Fsp3) is 0.579. The van der Waals surface area contributed by atoms with Crippen LogP contribution in [-0.2, 0) is 11.2 Å². The van der Waals surface area contributed by atoms with E-state index in [4.69, 9.17) is 0 Å². The fourth-order valence-corrected chi connectivity index (χ4v) is 3.80. The van der Waals surface area contributed by atoms with Gasteiger partial charge < -0.3 is 15.5 Å². The van der Waals surface area contributed by atoms with Crippen molar-refractivity contribution in [2.75, 3.05) is 18.0 Å². The van der Waals surface area contributed by atoms with Crippen LogP contribution in [0.1, 0.15) is 50.5 Å². The highest BCUT2D eigenvalue weighted by Gasteiger charge is 2.26. The van der Waals surface area contributed by atoms with Crippen molar-refractivity contribution in [2.24, 2.45) is 0 Å². The highest BCUT2D eigenvalue weighted by Crippen LogP contribution is 2.32. The zero-order valence-corrected chi connectivity index (χ0v) is 15.4. The molecule has 1 aliphatic heterocycles. The molecule has 0 bridgehead atoms. The van der Waals surface area contributed by atoms with E-state index in [0.29, 0.717) is 38.0 Å². The molecule has 0 radical (unpaired) electrons. The van der Waals surface area contributed by atoms with Gasteiger partial charge in [-0.1, -0.05) is 25.3 Å². The van der Waals surface area contributed by atoms with Gasteiger partial charge in [0.05, 0.1) is 10.6 Å². The van der Waals surface area contributed by atoms with Gasteiger partial charge in [-0.2, -0.15) is 0 Å². The molecule has 3 rings (SSSR count). The van der Waals surface area contributed by atoms with Gasteiger partial charge in [0.1, 0.15) is 0 Å². The molecule has 0 spiro atoms. The van der Waals surface area contributed by atoms with Crippen LogP contribution in [0, 0.1) is 10.1 Å². The summed E-state index contributed by atoms with van der Waals surface area (Å²) in [5.74, 6) is -0.0660. The van der Waals surface area contributed by atoms with Gasteiger partial charge in [0.25, 0.3) is 5.69 Å². The first-order valence-electron chi connectivity index (χ1n) is 9.66. The molecule has 27 heavy (non-hydrogen) atoms. The average Bonchev–Trinajstić information content (AvgIpc) is 3.09. The summed E-state index contributed by atoms with van der Waals surface area (Å²) in [6.07, 6.45) is 7.18. The summed E-state index contributed by atoms with van der Waals surface area (Å²) in [7, 11) is 0. The lowest BCUT2D eigenvalue weighted by molar-refractivity contribution is -0.384. The van der Waals surface area contributed by atoms with Crippen LogP contribution in [0.3, 0.4) is 0 Å². The van der Waals surface area contributed by atoms with Crippen LogP contribution < -0.4 is 15.5 Å². The largest absolute Gasteiger partial charge is 0.338 e. The van der Waals surface area contributed by atoms with Gasteiger partial charge in [-0.05, 0) is 31.2 Å². The van der Waals surface area contributed by atoms with Crippen LogP contribution in [0.4, 0.5) is 16.2 Å². The number of carbonyl (C=O) groups is 2. The molecule has 146 valence electrons. The highest BCUT2D eigenvalue weighted by molar-refractivity contribution is 5.95. The van der Waals surface area contributed by atoms with Crippen molar-refractivity contribution >= 4 is 23.3 Å². The summed E-state index contributed by atoms with van der Waals surface area (Å²) >= 11 is 0. The lowest BCUT2D eigenvalue weighted by atomic mass is 9.96. The van der Waals surface area contributed by atoms with Crippen molar-refractivity contribution in [3.8, 4) is 0 Å². The number of hydrogen-bond donors (Lipinski definition) is 2. The van der Waals surface area contributed by atoms with E-state index in [2.05, 4.69) is 10.6 Å². The normalized spacial score (nSPS) is 16.7. The van der Waals surface area contributed by atoms with Crippen molar-refractivity contribution in [1.82, 2.24) is 10.6 Å². The molecule has 1 heterocycles. The minimum atomic E-state index is -0.448. The number of nitrogens with zero attached hydrogens (tertiary/aromatic N) is 2. The molecule has 1 aromatic carbocycles. The summed E-state index contributed by atoms with van der Waals surface area (Å²) in [5, 5.41) is 16.7. The molecular formula is C19H26N4O4. The molecule has 0 saturated heterocycles. The molecule has 2 aliphatic rings. The number of fused-ring (bicyclic) bond motifs is 1. The number of urea groups is 1. The number of anilines is 1. The van der Waals surface area contributed by atoms with Crippen molar-refractivity contribution < 1.29 is 14.5 Å². The number of hydrogen-bond acceptors (Lipinski definition) is 4. The topological polar surface area (TPSA) is 105 Å². The van der Waals surface area contributed by atoms with Crippen LogP contribution in [0.5, 0.6) is 0 Å². The number of nitrogens with one attached hydrogen (secondary N) is 2. The van der Waals surface area contributed by atoms with E-state index in [1.807, 2.05) is 0 Å². The standard InChI is InChI=1S/C19H26N4O4/c24-18(7-4-11-20-19(25)21-15-5-2-1-3-6-15)22-12-10-14-8-9-16(23(26)27)13-17(14)22/h8-9,13,15H,1-7,10-12H2,(H2,20,21,25). The van der Waals surface area contributed by atoms with Crippen LogP contribution >= 0.6 is 0 Å². The van der Waals surface area contributed by atoms with Gasteiger partial charge >= 0.3 is 6.03 Å². The molecule has 8 heteroatoms. The monoisotopic (exact) mass is 374 g/mol. The van der Waals surface area contributed by atoms with Crippen LogP contribution in [0.25, 0.3) is 0 Å². The van der Waals surface area contributed by atoms with E-state index in [0.717, 1.165) is 31.2 Å².